The quantitative estimate of drug-likeness (QED) is 0.849. The molecule has 0 atom stereocenters. The molecule has 0 aromatic carbocycles. The van der Waals surface area contributed by atoms with Gasteiger partial charge in [-0.3, -0.25) is 5.10 Å². The van der Waals surface area contributed by atoms with Gasteiger partial charge < -0.3 is 5.73 Å². The van der Waals surface area contributed by atoms with Gasteiger partial charge in [-0.15, -0.1) is 0 Å². The molecule has 1 fully saturated rings. The average Bonchev–Trinajstić information content (AvgIpc) is 2.56. The van der Waals surface area contributed by atoms with E-state index in [-0.39, 0.29) is 11.6 Å². The zero-order valence-corrected chi connectivity index (χ0v) is 11.5. The minimum absolute atomic E-state index is 0.101. The summed E-state index contributed by atoms with van der Waals surface area (Å²) in [6.45, 7) is 3.14. The molecule has 0 saturated carbocycles. The predicted molar refractivity (Wildman–Crippen MR) is 68.4 cm³/mol. The maximum atomic E-state index is 12.5. The summed E-state index contributed by atoms with van der Waals surface area (Å²) in [6.07, 6.45) is 4.02. The van der Waals surface area contributed by atoms with Crippen molar-refractivity contribution in [3.63, 3.8) is 0 Å². The number of aryl methyl sites for hydroxylation is 1. The van der Waals surface area contributed by atoms with Crippen molar-refractivity contribution in [3.05, 3.63) is 11.3 Å². The number of nitrogens with two attached hydrogens (primary N) is 1. The van der Waals surface area contributed by atoms with Crippen LogP contribution < -0.4 is 5.73 Å². The molecular formula is C11H20N4O2S. The summed E-state index contributed by atoms with van der Waals surface area (Å²) in [5.74, 6) is 0. The van der Waals surface area contributed by atoms with E-state index in [9.17, 15) is 8.42 Å². The Morgan fingerprint density at radius 3 is 2.44 bits per heavy atom. The van der Waals surface area contributed by atoms with Crippen LogP contribution >= 0.6 is 0 Å². The number of aromatic nitrogens is 2. The third-order valence-corrected chi connectivity index (χ3v) is 5.26. The fourth-order valence-corrected chi connectivity index (χ4v) is 3.98. The van der Waals surface area contributed by atoms with Crippen molar-refractivity contribution >= 4 is 10.0 Å². The maximum Gasteiger partial charge on any atom is 0.262 e. The SMILES string of the molecule is Cc1[nH]nc(S(=O)(=O)N2CCCCCC2)c1CN. The molecule has 0 unspecified atom stereocenters. The van der Waals surface area contributed by atoms with Gasteiger partial charge in [-0.2, -0.15) is 9.40 Å². The van der Waals surface area contributed by atoms with Gasteiger partial charge >= 0.3 is 0 Å². The number of aromatic amines is 1. The van der Waals surface area contributed by atoms with Crippen LogP contribution in [0, 0.1) is 6.92 Å². The van der Waals surface area contributed by atoms with E-state index in [1.165, 1.54) is 4.31 Å². The van der Waals surface area contributed by atoms with Gasteiger partial charge in [0.1, 0.15) is 0 Å². The molecule has 7 heteroatoms. The molecule has 1 aromatic heterocycles. The van der Waals surface area contributed by atoms with E-state index in [1.807, 2.05) is 0 Å². The number of hydrogen-bond donors (Lipinski definition) is 2. The average molecular weight is 272 g/mol. The Morgan fingerprint density at radius 2 is 1.89 bits per heavy atom. The van der Waals surface area contributed by atoms with E-state index in [2.05, 4.69) is 10.2 Å². The van der Waals surface area contributed by atoms with Gasteiger partial charge in [0.15, 0.2) is 5.03 Å². The lowest BCUT2D eigenvalue weighted by Crippen LogP contribution is -2.33. The molecule has 0 spiro atoms. The van der Waals surface area contributed by atoms with Crippen LogP contribution in [0.4, 0.5) is 0 Å². The Balaban J connectivity index is 2.34. The van der Waals surface area contributed by atoms with Crippen molar-refractivity contribution in [2.75, 3.05) is 13.1 Å². The zero-order valence-electron chi connectivity index (χ0n) is 10.6. The van der Waals surface area contributed by atoms with Crippen LogP contribution in [-0.2, 0) is 16.6 Å². The van der Waals surface area contributed by atoms with E-state index in [0.29, 0.717) is 18.7 Å². The summed E-state index contributed by atoms with van der Waals surface area (Å²) in [6, 6.07) is 0. The molecule has 1 aliphatic heterocycles. The third kappa shape index (κ3) is 2.43. The zero-order chi connectivity index (χ0) is 13.2. The van der Waals surface area contributed by atoms with Gasteiger partial charge in [0.2, 0.25) is 0 Å². The second kappa shape index (κ2) is 5.38. The van der Waals surface area contributed by atoms with Crippen molar-refractivity contribution in [2.45, 2.75) is 44.2 Å². The fourth-order valence-electron chi connectivity index (χ4n) is 2.29. The Kier molecular flexibility index (Phi) is 4.04. The summed E-state index contributed by atoms with van der Waals surface area (Å²) < 4.78 is 26.6. The number of rotatable bonds is 3. The second-order valence-electron chi connectivity index (χ2n) is 4.65. The lowest BCUT2D eigenvalue weighted by atomic mass is 10.2. The van der Waals surface area contributed by atoms with Gasteiger partial charge in [-0.25, -0.2) is 8.42 Å². The van der Waals surface area contributed by atoms with E-state index in [0.717, 1.165) is 31.4 Å². The third-order valence-electron chi connectivity index (χ3n) is 3.39. The minimum Gasteiger partial charge on any atom is -0.326 e. The molecule has 1 saturated heterocycles. The second-order valence-corrected chi connectivity index (χ2v) is 6.51. The molecule has 0 bridgehead atoms. The number of H-pyrrole nitrogens is 1. The molecule has 102 valence electrons. The predicted octanol–water partition coefficient (Wildman–Crippen LogP) is 0.742. The Labute approximate surface area is 108 Å². The first-order valence-corrected chi connectivity index (χ1v) is 7.75. The first kappa shape index (κ1) is 13.5. The summed E-state index contributed by atoms with van der Waals surface area (Å²) >= 11 is 0. The van der Waals surface area contributed by atoms with Crippen molar-refractivity contribution in [3.8, 4) is 0 Å². The van der Waals surface area contributed by atoms with Crippen molar-refractivity contribution < 1.29 is 8.42 Å². The summed E-state index contributed by atoms with van der Waals surface area (Å²) in [5, 5.41) is 6.74. The summed E-state index contributed by atoms with van der Waals surface area (Å²) in [4.78, 5) is 0. The summed E-state index contributed by atoms with van der Waals surface area (Å²) in [7, 11) is -3.50. The Bertz CT molecular complexity index is 501. The lowest BCUT2D eigenvalue weighted by Gasteiger charge is -2.19. The van der Waals surface area contributed by atoms with Crippen molar-refractivity contribution in [1.82, 2.24) is 14.5 Å². The van der Waals surface area contributed by atoms with Gasteiger partial charge in [-0.05, 0) is 19.8 Å². The van der Waals surface area contributed by atoms with E-state index >= 15 is 0 Å². The highest BCUT2D eigenvalue weighted by atomic mass is 32.2. The molecule has 18 heavy (non-hydrogen) atoms. The Hall–Kier alpha value is -0.920. The monoisotopic (exact) mass is 272 g/mol. The highest BCUT2D eigenvalue weighted by Gasteiger charge is 2.30. The lowest BCUT2D eigenvalue weighted by molar-refractivity contribution is 0.421. The van der Waals surface area contributed by atoms with Crippen molar-refractivity contribution in [2.24, 2.45) is 5.73 Å². The van der Waals surface area contributed by atoms with E-state index < -0.39 is 10.0 Å². The number of sulfonamides is 1. The van der Waals surface area contributed by atoms with Crippen LogP contribution in [0.3, 0.4) is 0 Å². The van der Waals surface area contributed by atoms with Gasteiger partial charge in [0.05, 0.1) is 0 Å². The van der Waals surface area contributed by atoms with Gasteiger partial charge in [0, 0.05) is 30.9 Å². The largest absolute Gasteiger partial charge is 0.326 e. The molecule has 1 aromatic rings. The van der Waals surface area contributed by atoms with E-state index in [1.54, 1.807) is 6.92 Å². The molecule has 0 aliphatic carbocycles. The molecule has 3 N–H and O–H groups in total. The van der Waals surface area contributed by atoms with Crippen LogP contribution in [-0.4, -0.2) is 36.0 Å². The molecular weight excluding hydrogens is 252 g/mol. The molecule has 6 nitrogen and oxygen atoms in total. The highest BCUT2D eigenvalue weighted by Crippen LogP contribution is 2.22. The standard InChI is InChI=1S/C11H20N4O2S/c1-9-10(8-12)11(14-13-9)18(16,17)15-6-4-2-3-5-7-15/h2-8,12H2,1H3,(H,13,14). The van der Waals surface area contributed by atoms with Crippen LogP contribution in [0.2, 0.25) is 0 Å². The van der Waals surface area contributed by atoms with Gasteiger partial charge in [-0.1, -0.05) is 12.8 Å². The first-order chi connectivity index (χ1) is 8.57. The normalized spacial score (nSPS) is 18.8. The molecule has 1 aliphatic rings. The van der Waals surface area contributed by atoms with Gasteiger partial charge in [0.25, 0.3) is 10.0 Å². The number of nitrogens with one attached hydrogen (secondary N) is 1. The maximum absolute atomic E-state index is 12.5. The molecule has 2 heterocycles. The van der Waals surface area contributed by atoms with Crippen molar-refractivity contribution in [1.29, 1.82) is 0 Å². The smallest absolute Gasteiger partial charge is 0.262 e. The first-order valence-electron chi connectivity index (χ1n) is 6.31. The molecule has 0 amide bonds. The van der Waals surface area contributed by atoms with E-state index in [4.69, 9.17) is 5.73 Å². The molecule has 0 radical (unpaired) electrons. The number of nitrogens with zero attached hydrogens (tertiary/aromatic N) is 2. The summed E-state index contributed by atoms with van der Waals surface area (Å²) in [5.41, 5.74) is 6.93. The van der Waals surface area contributed by atoms with Crippen LogP contribution in [0.15, 0.2) is 5.03 Å². The van der Waals surface area contributed by atoms with Crippen LogP contribution in [0.25, 0.3) is 0 Å². The number of hydrogen-bond acceptors (Lipinski definition) is 4. The van der Waals surface area contributed by atoms with Crippen LogP contribution in [0.5, 0.6) is 0 Å². The minimum atomic E-state index is -3.50. The Morgan fingerprint density at radius 1 is 1.28 bits per heavy atom. The fraction of sp³-hybridized carbons (Fsp3) is 0.727. The highest BCUT2D eigenvalue weighted by molar-refractivity contribution is 7.89. The van der Waals surface area contributed by atoms with Crippen LogP contribution in [0.1, 0.15) is 36.9 Å². The topological polar surface area (TPSA) is 92.1 Å². The molecule has 2 rings (SSSR count).